The number of rotatable bonds is 36. The lowest BCUT2D eigenvalue weighted by molar-refractivity contribution is -0.432. The quantitative estimate of drug-likeness (QED) is 0.00530. The fraction of sp³-hybridized carbons (Fsp3) is 0.0833. The van der Waals surface area contributed by atoms with Crippen LogP contribution in [0.4, 0.5) is 0 Å². The van der Waals surface area contributed by atoms with Crippen LogP contribution in [0.25, 0.3) is 0 Å². The first-order valence-electron chi connectivity index (χ1n) is 38.7. The van der Waals surface area contributed by atoms with Crippen molar-refractivity contribution in [3.63, 3.8) is 0 Å². The number of benzene rings is 14. The second-order valence-corrected chi connectivity index (χ2v) is 35.5. The second-order valence-electron chi connectivity index (χ2n) is 29.0. The van der Waals surface area contributed by atoms with E-state index in [1.54, 1.807) is 100 Å². The van der Waals surface area contributed by atoms with Gasteiger partial charge < -0.3 is 28.4 Å². The highest BCUT2D eigenvalue weighted by molar-refractivity contribution is 7.95. The SMILES string of the molecule is COc1ccc(C(C)(c2ccc(Oc3ccc(C(=O)c4ccc(C)cc4)cc3)cc2)c2ccc(Oc3ccc(C(=O)c4cccc(S(=O)(=O)O)c4)cc3SOOO)cc2)cc1.COc1ccc(C(C)(c2ccc(Oc3ccc(C(=O)c4cccc(S(=O)(=O)O)c4)cc3SOOO)cc2)c2ccc(Oc3ccc(C(=O)c4ccc(C)c(SOOO)c4)cc3S(=O)(=O)O)cc2)cc1. The molecule has 0 aliphatic rings. The molecule has 0 heterocycles. The smallest absolute Gasteiger partial charge is 0.298 e. The highest BCUT2D eigenvalue weighted by Gasteiger charge is 2.35. The molecule has 0 aliphatic heterocycles. The average Bonchev–Trinajstić information content (AvgIpc) is 0.763. The lowest BCUT2D eigenvalue weighted by atomic mass is 9.71. The van der Waals surface area contributed by atoms with Crippen molar-refractivity contribution in [2.75, 3.05) is 14.2 Å². The first-order chi connectivity index (χ1) is 62.3. The van der Waals surface area contributed by atoms with Crippen molar-refractivity contribution < 1.29 is 130 Å². The van der Waals surface area contributed by atoms with Crippen molar-refractivity contribution >= 4 is 89.6 Å². The molecule has 14 rings (SSSR count). The number of hydrogen-bond acceptors (Lipinski definition) is 28. The van der Waals surface area contributed by atoms with Crippen LogP contribution in [0.15, 0.2) is 345 Å². The molecule has 2 atom stereocenters. The number of ether oxygens (including phenoxy) is 6. The predicted molar refractivity (Wildman–Crippen MR) is 479 cm³/mol. The van der Waals surface area contributed by atoms with Crippen molar-refractivity contribution in [2.24, 2.45) is 0 Å². The first-order valence-corrected chi connectivity index (χ1v) is 45.2. The van der Waals surface area contributed by atoms with Gasteiger partial charge in [0.25, 0.3) is 30.4 Å². The number of hydrogen-bond donors (Lipinski definition) is 6. The number of carbonyl (C=O) groups is 4. The molecule has 0 aromatic heterocycles. The topological polar surface area (TPSA) is 403 Å². The van der Waals surface area contributed by atoms with Gasteiger partial charge in [0, 0.05) is 60.2 Å². The molecule has 6 N–H and O–H groups in total. The Morgan fingerprint density at radius 2 is 0.554 bits per heavy atom. The number of methoxy groups -OCH3 is 2. The molecule has 0 radical (unpaired) electrons. The van der Waals surface area contributed by atoms with Crippen molar-refractivity contribution in [1.82, 2.24) is 0 Å². The van der Waals surface area contributed by atoms with Gasteiger partial charge in [-0.15, -0.1) is 13.0 Å². The summed E-state index contributed by atoms with van der Waals surface area (Å²) in [5.74, 6) is 2.03. The molecule has 0 saturated carbocycles. The van der Waals surface area contributed by atoms with E-state index in [0.717, 1.165) is 63.2 Å². The molecule has 14 aromatic carbocycles. The zero-order valence-electron chi connectivity index (χ0n) is 69.1. The summed E-state index contributed by atoms with van der Waals surface area (Å²) >= 11 is 1.79. The largest absolute Gasteiger partial charge is 0.497 e. The van der Waals surface area contributed by atoms with Crippen LogP contribution in [0.2, 0.25) is 0 Å². The van der Waals surface area contributed by atoms with E-state index in [0.29, 0.717) is 92.2 Å². The predicted octanol–water partition coefficient (Wildman–Crippen LogP) is 21.8. The van der Waals surface area contributed by atoms with Gasteiger partial charge in [-0.1, -0.05) is 154 Å². The Hall–Kier alpha value is -13.0. The summed E-state index contributed by atoms with van der Waals surface area (Å²) in [7, 11) is -10.8. The Morgan fingerprint density at radius 1 is 0.285 bits per heavy atom. The van der Waals surface area contributed by atoms with Crippen molar-refractivity contribution in [2.45, 2.75) is 67.9 Å². The van der Waals surface area contributed by atoms with Crippen LogP contribution in [0.5, 0.6) is 57.5 Å². The molecule has 2 unspecified atom stereocenters. The summed E-state index contributed by atoms with van der Waals surface area (Å²) < 4.78 is 151. The Labute approximate surface area is 758 Å². The minimum Gasteiger partial charge on any atom is -0.497 e. The van der Waals surface area contributed by atoms with E-state index in [4.69, 9.17) is 48.5 Å². The molecular weight excluding hydrogens is 1790 g/mol. The minimum atomic E-state index is -4.91. The molecule has 130 heavy (non-hydrogen) atoms. The Balaban J connectivity index is 0.000000223. The van der Waals surface area contributed by atoms with Crippen LogP contribution in [0.3, 0.4) is 0 Å². The fourth-order valence-corrected chi connectivity index (χ4v) is 17.1. The summed E-state index contributed by atoms with van der Waals surface area (Å²) in [4.78, 5) is 52.5. The maximum atomic E-state index is 13.5. The first kappa shape index (κ1) is 94.6. The maximum absolute atomic E-state index is 13.5. The highest BCUT2D eigenvalue weighted by atomic mass is 32.2. The van der Waals surface area contributed by atoms with E-state index in [-0.39, 0.29) is 72.0 Å². The van der Waals surface area contributed by atoms with Gasteiger partial charge in [0.2, 0.25) is 0 Å². The standard InChI is InChI=1S/C48H38O17S4.C48H38O11S2/c1-29-7-8-31(26-43(29)66-64-62-51)47(50)33-10-24-42(45(28-33)69(56,57)58)61-39-21-15-36(16-22-39)48(2,34-11-17-37(59-3)18-12-34)35-13-19-38(20-14-35)60-41-23-9-32(27-44(41)67-65-63-52)46(49)30-5-4-6-40(25-30)68(53,54)55;1-31-7-9-32(10-8-31)46(49)33-11-20-40(21-12-33)56-41-24-16-37(17-25-41)48(2,36-14-22-39(55-3)23-15-36)38-18-26-42(27-19-38)57-44-28-13-35(30-45(44)60-59-58-51)47(50)34-5-4-6-43(29-34)61(52,53)54/h4-28,51-52H,1-3H3,(H,53,54,55)(H,56,57,58);4-30,51H,1-3H3,(H,52,53,54). The van der Waals surface area contributed by atoms with E-state index < -0.39 is 73.2 Å². The van der Waals surface area contributed by atoms with Gasteiger partial charge in [-0.2, -0.15) is 25.3 Å². The Bertz CT molecular complexity index is 6830. The zero-order chi connectivity index (χ0) is 92.7. The van der Waals surface area contributed by atoms with E-state index in [9.17, 15) is 58.1 Å². The van der Waals surface area contributed by atoms with Crippen LogP contribution >= 0.6 is 36.1 Å². The molecule has 0 saturated heterocycles. The normalized spacial score (nSPS) is 12.4. The summed E-state index contributed by atoms with van der Waals surface area (Å²) in [5.41, 5.74) is 7.16. The monoisotopic (exact) mass is 1870 g/mol. The third-order valence-corrected chi connectivity index (χ3v) is 25.6. The van der Waals surface area contributed by atoms with Crippen molar-refractivity contribution in [3.05, 3.63) is 404 Å². The molecule has 34 heteroatoms. The van der Waals surface area contributed by atoms with Gasteiger partial charge in [0.05, 0.1) is 69.9 Å². The molecular formula is C96H76O28S6. The van der Waals surface area contributed by atoms with Crippen LogP contribution in [0.1, 0.15) is 122 Å². The van der Waals surface area contributed by atoms with Crippen LogP contribution in [0, 0.1) is 13.8 Å². The van der Waals surface area contributed by atoms with Crippen LogP contribution in [-0.2, 0) is 69.3 Å². The third kappa shape index (κ3) is 22.6. The summed E-state index contributed by atoms with van der Waals surface area (Å²) in [6.07, 6.45) is 0. The molecule has 664 valence electrons. The van der Waals surface area contributed by atoms with Gasteiger partial charge >= 0.3 is 0 Å². The van der Waals surface area contributed by atoms with Gasteiger partial charge in [-0.3, -0.25) is 32.8 Å². The zero-order valence-corrected chi connectivity index (χ0v) is 74.0. The highest BCUT2D eigenvalue weighted by Crippen LogP contribution is 2.46. The number of carbonyl (C=O) groups excluding carboxylic acids is 4. The molecule has 14 aromatic rings. The van der Waals surface area contributed by atoms with Crippen molar-refractivity contribution in [3.8, 4) is 57.5 Å². The Morgan fingerprint density at radius 3 is 0.892 bits per heavy atom. The van der Waals surface area contributed by atoms with Gasteiger partial charge in [-0.05, 0) is 249 Å². The van der Waals surface area contributed by atoms with E-state index in [1.807, 2.05) is 135 Å². The third-order valence-electron chi connectivity index (χ3n) is 21.0. The van der Waals surface area contributed by atoms with Crippen LogP contribution < -0.4 is 28.4 Å². The van der Waals surface area contributed by atoms with E-state index in [2.05, 4.69) is 30.7 Å². The van der Waals surface area contributed by atoms with E-state index >= 15 is 0 Å². The molecule has 0 bridgehead atoms. The molecule has 0 fully saturated rings. The lowest BCUT2D eigenvalue weighted by Crippen LogP contribution is -2.25. The fourth-order valence-electron chi connectivity index (χ4n) is 14.0. The number of ketones is 4. The molecule has 0 aliphatic carbocycles. The van der Waals surface area contributed by atoms with Gasteiger partial charge in [-0.25, -0.2) is 15.8 Å². The summed E-state index contributed by atoms with van der Waals surface area (Å²) in [6.45, 7) is 7.84. The van der Waals surface area contributed by atoms with Crippen LogP contribution in [-0.4, -0.2) is 92.0 Å². The lowest BCUT2D eigenvalue weighted by Gasteiger charge is -2.32. The average molecular weight is 1870 g/mol. The number of aryl methyl sites for hydroxylation is 2. The summed E-state index contributed by atoms with van der Waals surface area (Å²) in [6, 6.07) is 86.1. The second kappa shape index (κ2) is 41.6. The van der Waals surface area contributed by atoms with Gasteiger partial charge in [0.15, 0.2) is 23.1 Å². The molecule has 28 nitrogen and oxygen atoms in total. The Kier molecular flexibility index (Phi) is 30.3. The van der Waals surface area contributed by atoms with Crippen molar-refractivity contribution in [1.29, 1.82) is 0 Å². The van der Waals surface area contributed by atoms with E-state index in [1.165, 1.54) is 91.0 Å². The molecule has 0 amide bonds. The minimum absolute atomic E-state index is 0.0178. The molecule has 0 spiro atoms. The maximum Gasteiger partial charge on any atom is 0.298 e. The summed E-state index contributed by atoms with van der Waals surface area (Å²) in [5, 5.41) is 37.6. The van der Waals surface area contributed by atoms with Gasteiger partial charge in [0.1, 0.15) is 62.4 Å².